The van der Waals surface area contributed by atoms with Gasteiger partial charge in [-0.2, -0.15) is 0 Å². The predicted octanol–water partition coefficient (Wildman–Crippen LogP) is 2.10. The monoisotopic (exact) mass is 464 g/mol. The number of hydrogen-bond donors (Lipinski definition) is 1. The number of hydrogen-bond acceptors (Lipinski definition) is 6. The number of benzene rings is 1. The highest BCUT2D eigenvalue weighted by atomic mass is 32.2. The second kappa shape index (κ2) is 9.60. The number of sulfonamides is 1. The van der Waals surface area contributed by atoms with Gasteiger partial charge >= 0.3 is 5.97 Å². The maximum Gasteiger partial charge on any atom is 0.340 e. The minimum absolute atomic E-state index is 0.00873. The lowest BCUT2D eigenvalue weighted by Crippen LogP contribution is -2.34. The zero-order chi connectivity index (χ0) is 22.6. The molecule has 1 aliphatic heterocycles. The zero-order valence-corrected chi connectivity index (χ0v) is 18.7. The quantitative estimate of drug-likeness (QED) is 0.522. The van der Waals surface area contributed by atoms with Gasteiger partial charge in [0.2, 0.25) is 0 Å². The van der Waals surface area contributed by atoms with Crippen LogP contribution >= 0.6 is 11.3 Å². The van der Waals surface area contributed by atoms with E-state index in [1.807, 2.05) is 0 Å². The number of ether oxygens (including phenoxy) is 1. The van der Waals surface area contributed by atoms with Gasteiger partial charge in [0.05, 0.1) is 19.2 Å². The Labute approximate surface area is 184 Å². The molecule has 10 heteroatoms. The van der Waals surface area contributed by atoms with Gasteiger partial charge in [-0.15, -0.1) is 11.3 Å². The van der Waals surface area contributed by atoms with Gasteiger partial charge in [-0.1, -0.05) is 18.1 Å². The molecule has 0 radical (unpaired) electrons. The average Bonchev–Trinajstić information content (AvgIpc) is 3.13. The number of nitrogens with zero attached hydrogens (tertiary/aromatic N) is 1. The molecular formula is C21H21FN2O5S2. The van der Waals surface area contributed by atoms with Gasteiger partial charge in [-0.05, 0) is 48.9 Å². The Balaban J connectivity index is 1.86. The van der Waals surface area contributed by atoms with Crippen LogP contribution in [0, 0.1) is 17.7 Å². The molecule has 0 saturated carbocycles. The van der Waals surface area contributed by atoms with E-state index < -0.39 is 21.8 Å². The maximum atomic E-state index is 13.3. The number of amides is 1. The van der Waals surface area contributed by atoms with Crippen LogP contribution in [0.25, 0.3) is 0 Å². The van der Waals surface area contributed by atoms with Gasteiger partial charge in [0.25, 0.3) is 15.9 Å². The van der Waals surface area contributed by atoms with E-state index in [0.29, 0.717) is 29.0 Å². The fourth-order valence-corrected chi connectivity index (χ4v) is 6.30. The summed E-state index contributed by atoms with van der Waals surface area (Å²) in [5.74, 6) is 3.54. The second-order valence-corrected chi connectivity index (χ2v) is 9.85. The van der Waals surface area contributed by atoms with Crippen molar-refractivity contribution >= 4 is 33.2 Å². The molecule has 2 heterocycles. The van der Waals surface area contributed by atoms with Crippen molar-refractivity contribution in [3.63, 3.8) is 0 Å². The third kappa shape index (κ3) is 5.12. The molecule has 1 N–H and O–H groups in total. The molecule has 1 aromatic heterocycles. The van der Waals surface area contributed by atoms with Gasteiger partial charge in [-0.3, -0.25) is 4.79 Å². The summed E-state index contributed by atoms with van der Waals surface area (Å²) >= 11 is 0.947. The molecular weight excluding hydrogens is 443 g/mol. The summed E-state index contributed by atoms with van der Waals surface area (Å²) in [5, 5.41) is 0. The van der Waals surface area contributed by atoms with Crippen molar-refractivity contribution in [2.45, 2.75) is 30.5 Å². The van der Waals surface area contributed by atoms with Crippen LogP contribution in [-0.4, -0.2) is 45.4 Å². The first-order chi connectivity index (χ1) is 14.8. The van der Waals surface area contributed by atoms with Crippen molar-refractivity contribution in [3.8, 4) is 11.8 Å². The lowest BCUT2D eigenvalue weighted by Gasteiger charge is -2.25. The van der Waals surface area contributed by atoms with Crippen LogP contribution in [0.15, 0.2) is 28.5 Å². The highest BCUT2D eigenvalue weighted by molar-refractivity contribution is 7.91. The van der Waals surface area contributed by atoms with Gasteiger partial charge < -0.3 is 9.64 Å². The number of carbonyl (C=O) groups excluding carboxylic acids is 2. The van der Waals surface area contributed by atoms with Crippen LogP contribution < -0.4 is 4.72 Å². The molecule has 3 rings (SSSR count). The Morgan fingerprint density at radius 1 is 1.35 bits per heavy atom. The van der Waals surface area contributed by atoms with Gasteiger partial charge in [-0.25, -0.2) is 22.3 Å². The normalized spacial score (nSPS) is 13.2. The van der Waals surface area contributed by atoms with E-state index in [-0.39, 0.29) is 35.2 Å². The van der Waals surface area contributed by atoms with Crippen molar-refractivity contribution in [1.82, 2.24) is 9.62 Å². The largest absolute Gasteiger partial charge is 0.465 e. The molecule has 2 aromatic rings. The first kappa shape index (κ1) is 22.9. The Kier molecular flexibility index (Phi) is 7.10. The molecule has 0 spiro atoms. The fourth-order valence-electron chi connectivity index (χ4n) is 3.32. The van der Waals surface area contributed by atoms with Crippen LogP contribution in [0.2, 0.25) is 0 Å². The number of rotatable bonds is 6. The number of carbonyl (C=O) groups is 2. The number of nitrogens with one attached hydrogen (secondary N) is 1. The lowest BCUT2D eigenvalue weighted by molar-refractivity contribution is -0.125. The van der Waals surface area contributed by atoms with E-state index >= 15 is 0 Å². The average molecular weight is 465 g/mol. The third-order valence-corrected chi connectivity index (χ3v) is 7.97. The highest BCUT2D eigenvalue weighted by Gasteiger charge is 2.34. The van der Waals surface area contributed by atoms with E-state index in [1.54, 1.807) is 19.1 Å². The number of esters is 1. The van der Waals surface area contributed by atoms with Crippen molar-refractivity contribution in [2.75, 3.05) is 20.2 Å². The van der Waals surface area contributed by atoms with Crippen LogP contribution in [0.1, 0.15) is 33.3 Å². The van der Waals surface area contributed by atoms with Crippen LogP contribution in [0.5, 0.6) is 0 Å². The van der Waals surface area contributed by atoms with Crippen molar-refractivity contribution < 1.29 is 27.1 Å². The zero-order valence-electron chi connectivity index (χ0n) is 17.0. The number of halogens is 1. The second-order valence-electron chi connectivity index (χ2n) is 6.79. The first-order valence-corrected chi connectivity index (χ1v) is 11.8. The Morgan fingerprint density at radius 3 is 2.81 bits per heavy atom. The highest BCUT2D eigenvalue weighted by Crippen LogP contribution is 2.36. The Hall–Kier alpha value is -2.74. The molecule has 0 atom stereocenters. The summed E-state index contributed by atoms with van der Waals surface area (Å²) in [6.45, 7) is 2.10. The molecule has 1 aliphatic rings. The summed E-state index contributed by atoms with van der Waals surface area (Å²) < 4.78 is 46.4. The minimum atomic E-state index is -4.03. The van der Waals surface area contributed by atoms with E-state index in [9.17, 15) is 22.4 Å². The van der Waals surface area contributed by atoms with Gasteiger partial charge in [0.15, 0.2) is 0 Å². The van der Waals surface area contributed by atoms with E-state index in [4.69, 9.17) is 4.74 Å². The van der Waals surface area contributed by atoms with Gasteiger partial charge in [0.1, 0.15) is 10.0 Å². The topological polar surface area (TPSA) is 92.8 Å². The summed E-state index contributed by atoms with van der Waals surface area (Å²) in [5.41, 5.74) is 1.23. The summed E-state index contributed by atoms with van der Waals surface area (Å²) in [6.07, 6.45) is 0.611. The molecule has 0 bridgehead atoms. The van der Waals surface area contributed by atoms with Crippen molar-refractivity contribution in [2.24, 2.45) is 0 Å². The summed E-state index contributed by atoms with van der Waals surface area (Å²) in [7, 11) is -2.84. The van der Waals surface area contributed by atoms with Crippen LogP contribution in [-0.2, 0) is 38.9 Å². The fraction of sp³-hybridized carbons (Fsp3) is 0.333. The molecule has 1 aromatic carbocycles. The van der Waals surface area contributed by atoms with E-state index in [1.165, 1.54) is 24.1 Å². The first-order valence-electron chi connectivity index (χ1n) is 9.45. The van der Waals surface area contributed by atoms with Crippen LogP contribution in [0.4, 0.5) is 4.39 Å². The molecule has 0 unspecified atom stereocenters. The standard InChI is InChI=1S/C21H21FN2O5S2/c1-3-5-18(25)24-11-9-16-17(13-24)30-21(19(16)20(26)29-2)31(27,28)23-10-8-14-6-4-7-15(22)12-14/h4,6-7,12,23H,8-11,13H2,1-2H3. The van der Waals surface area contributed by atoms with Crippen LogP contribution in [0.3, 0.4) is 0 Å². The molecule has 164 valence electrons. The van der Waals surface area contributed by atoms with Gasteiger partial charge in [0, 0.05) is 18.0 Å². The van der Waals surface area contributed by atoms with E-state index in [0.717, 1.165) is 11.3 Å². The third-order valence-electron chi connectivity index (χ3n) is 4.77. The molecule has 31 heavy (non-hydrogen) atoms. The molecule has 0 aliphatic carbocycles. The summed E-state index contributed by atoms with van der Waals surface area (Å²) in [6, 6.07) is 5.90. The Morgan fingerprint density at radius 2 is 2.13 bits per heavy atom. The smallest absolute Gasteiger partial charge is 0.340 e. The molecule has 1 amide bonds. The Bertz CT molecular complexity index is 1180. The number of methoxy groups -OCH3 is 1. The molecule has 7 nitrogen and oxygen atoms in total. The SMILES string of the molecule is CC#CC(=O)N1CCc2c(sc(S(=O)(=O)NCCc3cccc(F)c3)c2C(=O)OC)C1. The lowest BCUT2D eigenvalue weighted by atomic mass is 10.0. The number of fused-ring (bicyclic) bond motifs is 1. The summed E-state index contributed by atoms with van der Waals surface area (Å²) in [4.78, 5) is 26.6. The van der Waals surface area contributed by atoms with E-state index in [2.05, 4.69) is 16.6 Å². The molecule has 0 saturated heterocycles. The number of thiophene rings is 1. The predicted molar refractivity (Wildman–Crippen MR) is 114 cm³/mol. The molecule has 0 fully saturated rings. The maximum absolute atomic E-state index is 13.3. The minimum Gasteiger partial charge on any atom is -0.465 e. The van der Waals surface area contributed by atoms with Crippen molar-refractivity contribution in [1.29, 1.82) is 0 Å². The van der Waals surface area contributed by atoms with Crippen molar-refractivity contribution in [3.05, 3.63) is 51.7 Å².